The second-order valence-corrected chi connectivity index (χ2v) is 4.77. The van der Waals surface area contributed by atoms with E-state index in [-0.39, 0.29) is 0 Å². The third-order valence-corrected chi connectivity index (χ3v) is 3.67. The van der Waals surface area contributed by atoms with Gasteiger partial charge in [-0.1, -0.05) is 0 Å². The highest BCUT2D eigenvalue weighted by atomic mass is 16.2. The quantitative estimate of drug-likeness (QED) is 0.627. The molecule has 0 spiro atoms. The number of hydrogen-bond acceptors (Lipinski definition) is 2. The first-order chi connectivity index (χ1) is 6.68. The van der Waals surface area contributed by atoms with Gasteiger partial charge in [0.05, 0.1) is 0 Å². The zero-order valence-electron chi connectivity index (χ0n) is 9.20. The molecule has 2 heterocycles. The lowest BCUT2D eigenvalue weighted by Crippen LogP contribution is -2.52. The molecule has 2 fully saturated rings. The summed E-state index contributed by atoms with van der Waals surface area (Å²) in [6, 6.07) is 1.22. The first-order valence-corrected chi connectivity index (χ1v) is 5.64. The maximum atomic E-state index is 11.6. The van der Waals surface area contributed by atoms with Crippen LogP contribution in [0, 0.1) is 0 Å². The molecular formula is C11H20N2O. The van der Waals surface area contributed by atoms with Crippen LogP contribution in [0.15, 0.2) is 0 Å². The number of carbonyl (C=O) groups is 1. The van der Waals surface area contributed by atoms with Crippen LogP contribution >= 0.6 is 0 Å². The molecule has 0 aromatic heterocycles. The molecule has 0 radical (unpaired) electrons. The molecule has 1 amide bonds. The Balaban J connectivity index is 1.99. The molecule has 2 aliphatic rings. The van der Waals surface area contributed by atoms with Crippen molar-refractivity contribution in [2.24, 2.45) is 0 Å². The highest BCUT2D eigenvalue weighted by Crippen LogP contribution is 2.28. The average molecular weight is 196 g/mol. The second-order valence-electron chi connectivity index (χ2n) is 4.77. The van der Waals surface area contributed by atoms with E-state index in [1.165, 1.54) is 12.8 Å². The smallest absolute Gasteiger partial charge is 0.222 e. The van der Waals surface area contributed by atoms with E-state index in [1.807, 2.05) is 0 Å². The summed E-state index contributed by atoms with van der Waals surface area (Å²) >= 11 is 0. The molecule has 14 heavy (non-hydrogen) atoms. The average Bonchev–Trinajstić information content (AvgIpc) is 2.17. The lowest BCUT2D eigenvalue weighted by Gasteiger charge is -2.44. The Morgan fingerprint density at radius 1 is 1.36 bits per heavy atom. The van der Waals surface area contributed by atoms with Crippen LogP contribution < -0.4 is 0 Å². The van der Waals surface area contributed by atoms with Crippen molar-refractivity contribution in [1.82, 2.24) is 9.80 Å². The fraction of sp³-hybridized carbons (Fsp3) is 0.909. The maximum Gasteiger partial charge on any atom is 0.222 e. The van der Waals surface area contributed by atoms with Gasteiger partial charge in [0.1, 0.15) is 0 Å². The van der Waals surface area contributed by atoms with Gasteiger partial charge >= 0.3 is 0 Å². The Bertz CT molecular complexity index is 227. The lowest BCUT2D eigenvalue weighted by molar-refractivity contribution is -0.138. The van der Waals surface area contributed by atoms with Crippen molar-refractivity contribution in [3.05, 3.63) is 0 Å². The number of nitrogens with zero attached hydrogens (tertiary/aromatic N) is 2. The number of rotatable bonds is 1. The fourth-order valence-corrected chi connectivity index (χ4v) is 2.73. The van der Waals surface area contributed by atoms with Gasteiger partial charge in [0.15, 0.2) is 0 Å². The van der Waals surface area contributed by atoms with E-state index in [4.69, 9.17) is 0 Å². The summed E-state index contributed by atoms with van der Waals surface area (Å²) in [4.78, 5) is 16.0. The molecule has 80 valence electrons. The van der Waals surface area contributed by atoms with Crippen molar-refractivity contribution in [2.75, 3.05) is 20.6 Å². The summed E-state index contributed by atoms with van der Waals surface area (Å²) in [6.07, 6.45) is 5.42. The topological polar surface area (TPSA) is 23.6 Å². The van der Waals surface area contributed by atoms with Crippen molar-refractivity contribution >= 4 is 5.91 Å². The molecule has 2 rings (SSSR count). The zero-order valence-corrected chi connectivity index (χ0v) is 9.20. The normalized spacial score (nSPS) is 33.4. The van der Waals surface area contributed by atoms with Crippen molar-refractivity contribution in [1.29, 1.82) is 0 Å². The van der Waals surface area contributed by atoms with E-state index in [2.05, 4.69) is 23.9 Å². The lowest BCUT2D eigenvalue weighted by atomic mass is 9.89. The van der Waals surface area contributed by atoms with E-state index in [0.717, 1.165) is 25.8 Å². The van der Waals surface area contributed by atoms with Crippen molar-refractivity contribution in [3.8, 4) is 0 Å². The van der Waals surface area contributed by atoms with E-state index in [0.29, 0.717) is 18.0 Å². The standard InChI is InChI=1S/C11H20N2O/c1-12(2)9-6-7-13-10(8-9)4-3-5-11(13)14/h9-10H,3-8H2,1-2H3/t9?,10-/m1/s1. The minimum Gasteiger partial charge on any atom is -0.340 e. The molecule has 2 atom stereocenters. The van der Waals surface area contributed by atoms with Gasteiger partial charge in [0.2, 0.25) is 5.91 Å². The molecule has 2 saturated heterocycles. The molecule has 0 aliphatic carbocycles. The van der Waals surface area contributed by atoms with E-state index in [9.17, 15) is 4.79 Å². The van der Waals surface area contributed by atoms with Crippen LogP contribution in [0.2, 0.25) is 0 Å². The van der Waals surface area contributed by atoms with Gasteiger partial charge in [-0.2, -0.15) is 0 Å². The Kier molecular flexibility index (Phi) is 2.77. The summed E-state index contributed by atoms with van der Waals surface area (Å²) in [5, 5.41) is 0. The first kappa shape index (κ1) is 9.97. The van der Waals surface area contributed by atoms with Crippen molar-refractivity contribution < 1.29 is 4.79 Å². The van der Waals surface area contributed by atoms with Gasteiger partial charge in [0.25, 0.3) is 0 Å². The highest BCUT2D eigenvalue weighted by Gasteiger charge is 2.34. The number of hydrogen-bond donors (Lipinski definition) is 0. The third-order valence-electron chi connectivity index (χ3n) is 3.67. The Morgan fingerprint density at radius 2 is 2.14 bits per heavy atom. The van der Waals surface area contributed by atoms with Crippen LogP contribution in [-0.4, -0.2) is 48.4 Å². The van der Waals surface area contributed by atoms with E-state index in [1.54, 1.807) is 0 Å². The molecule has 3 heteroatoms. The monoisotopic (exact) mass is 196 g/mol. The number of carbonyl (C=O) groups excluding carboxylic acids is 1. The molecule has 1 unspecified atom stereocenters. The predicted octanol–water partition coefficient (Wildman–Crippen LogP) is 1.09. The summed E-state index contributed by atoms with van der Waals surface area (Å²) in [5.74, 6) is 0.387. The van der Waals surface area contributed by atoms with Crippen LogP contribution in [-0.2, 0) is 4.79 Å². The van der Waals surface area contributed by atoms with Crippen molar-refractivity contribution in [3.63, 3.8) is 0 Å². The van der Waals surface area contributed by atoms with Crippen molar-refractivity contribution in [2.45, 2.75) is 44.2 Å². The molecule has 0 saturated carbocycles. The van der Waals surface area contributed by atoms with Gasteiger partial charge in [-0.15, -0.1) is 0 Å². The van der Waals surface area contributed by atoms with Crippen LogP contribution in [0.3, 0.4) is 0 Å². The van der Waals surface area contributed by atoms with Gasteiger partial charge < -0.3 is 9.80 Å². The van der Waals surface area contributed by atoms with Crippen LogP contribution in [0.25, 0.3) is 0 Å². The largest absolute Gasteiger partial charge is 0.340 e. The van der Waals surface area contributed by atoms with Gasteiger partial charge in [-0.05, 0) is 39.8 Å². The summed E-state index contributed by atoms with van der Waals surface area (Å²) in [7, 11) is 4.29. The molecule has 0 bridgehead atoms. The van der Waals surface area contributed by atoms with E-state index >= 15 is 0 Å². The Labute approximate surface area is 86.1 Å². The third kappa shape index (κ3) is 1.78. The zero-order chi connectivity index (χ0) is 10.1. The molecule has 3 nitrogen and oxygen atoms in total. The number of fused-ring (bicyclic) bond motifs is 1. The first-order valence-electron chi connectivity index (χ1n) is 5.64. The molecule has 0 aromatic carbocycles. The summed E-state index contributed by atoms with van der Waals surface area (Å²) in [5.41, 5.74) is 0. The van der Waals surface area contributed by atoms with E-state index < -0.39 is 0 Å². The van der Waals surface area contributed by atoms with Crippen LogP contribution in [0.4, 0.5) is 0 Å². The molecule has 0 N–H and O–H groups in total. The van der Waals surface area contributed by atoms with Crippen LogP contribution in [0.5, 0.6) is 0 Å². The molecular weight excluding hydrogens is 176 g/mol. The number of piperidine rings is 2. The minimum atomic E-state index is 0.387. The summed E-state index contributed by atoms with van der Waals surface area (Å²) < 4.78 is 0. The second kappa shape index (κ2) is 3.89. The highest BCUT2D eigenvalue weighted by molar-refractivity contribution is 5.77. The van der Waals surface area contributed by atoms with Gasteiger partial charge in [-0.25, -0.2) is 0 Å². The van der Waals surface area contributed by atoms with Gasteiger partial charge in [-0.3, -0.25) is 4.79 Å². The minimum absolute atomic E-state index is 0.387. The maximum absolute atomic E-state index is 11.6. The Morgan fingerprint density at radius 3 is 2.86 bits per heavy atom. The summed E-state index contributed by atoms with van der Waals surface area (Å²) in [6.45, 7) is 0.979. The predicted molar refractivity (Wildman–Crippen MR) is 56.1 cm³/mol. The SMILES string of the molecule is CN(C)C1CCN2C(=O)CCC[C@@H]2C1. The molecule has 2 aliphatic heterocycles. The van der Waals surface area contributed by atoms with Gasteiger partial charge in [0, 0.05) is 25.0 Å². The fourth-order valence-electron chi connectivity index (χ4n) is 2.73. The molecule has 0 aromatic rings. The number of amides is 1. The Hall–Kier alpha value is -0.570. The van der Waals surface area contributed by atoms with Crippen LogP contribution in [0.1, 0.15) is 32.1 Å².